The number of fused-ring (bicyclic) bond motifs is 5. The van der Waals surface area contributed by atoms with Crippen LogP contribution in [0.25, 0.3) is 11.3 Å². The van der Waals surface area contributed by atoms with Crippen molar-refractivity contribution in [2.24, 2.45) is 0 Å². The van der Waals surface area contributed by atoms with Gasteiger partial charge in [-0.05, 0) is 74.9 Å². The lowest BCUT2D eigenvalue weighted by atomic mass is 9.88. The molecule has 5 rings (SSSR count). The molecule has 3 atom stereocenters. The molecule has 1 aliphatic heterocycles. The van der Waals surface area contributed by atoms with Gasteiger partial charge in [-0.3, -0.25) is 0 Å². The highest BCUT2D eigenvalue weighted by Crippen LogP contribution is 2.57. The number of phenols is 1. The van der Waals surface area contributed by atoms with Gasteiger partial charge in [0.05, 0.1) is 5.56 Å². The minimum atomic E-state index is -4.50. The summed E-state index contributed by atoms with van der Waals surface area (Å²) >= 11 is 0. The van der Waals surface area contributed by atoms with Crippen LogP contribution in [0, 0.1) is 0 Å². The molecule has 1 aromatic carbocycles. The van der Waals surface area contributed by atoms with Gasteiger partial charge in [0.1, 0.15) is 11.4 Å². The molecular weight excluding hydrogens is 381 g/mol. The van der Waals surface area contributed by atoms with Crippen LogP contribution in [0.2, 0.25) is 0 Å². The van der Waals surface area contributed by atoms with E-state index in [-0.39, 0.29) is 0 Å². The monoisotopic (exact) mass is 404 g/mol. The van der Waals surface area contributed by atoms with Crippen LogP contribution < -0.4 is 5.32 Å². The third-order valence-electron chi connectivity index (χ3n) is 6.61. The third-order valence-corrected chi connectivity index (χ3v) is 6.61. The number of rotatable bonds is 3. The lowest BCUT2D eigenvalue weighted by Gasteiger charge is -2.23. The largest absolute Gasteiger partial charge is 0.507 e. The Hall–Kier alpha value is -2.35. The number of aromatic hydroxyl groups is 1. The fraction of sp³-hybridized carbons (Fsp3) is 0.524. The molecule has 2 aromatic rings. The lowest BCUT2D eigenvalue weighted by molar-refractivity contribution is -0.137. The second-order valence-corrected chi connectivity index (χ2v) is 8.55. The number of anilines is 1. The summed E-state index contributed by atoms with van der Waals surface area (Å²) in [5.74, 6) is 1.14. The first-order valence-corrected chi connectivity index (χ1v) is 10.1. The third kappa shape index (κ3) is 3.13. The van der Waals surface area contributed by atoms with E-state index in [0.29, 0.717) is 29.1 Å². The molecule has 2 aliphatic carbocycles. The van der Waals surface area contributed by atoms with Crippen LogP contribution in [0.4, 0.5) is 19.0 Å². The van der Waals surface area contributed by atoms with Gasteiger partial charge in [-0.1, -0.05) is 0 Å². The Balaban J connectivity index is 1.56. The summed E-state index contributed by atoms with van der Waals surface area (Å²) in [5.41, 5.74) is 2.18. The van der Waals surface area contributed by atoms with E-state index in [2.05, 4.69) is 27.5 Å². The molecule has 2 N–H and O–H groups in total. The SMILES string of the molecule is CN1CC[C@@H](Nc2nnc(-c3ccc(C(F)(F)F)cc3O)c3c2C2CCC3C2)C1. The molecule has 1 saturated heterocycles. The Kier molecular flexibility index (Phi) is 4.24. The van der Waals surface area contributed by atoms with Crippen molar-refractivity contribution >= 4 is 5.82 Å². The number of likely N-dealkylation sites (N-methyl/N-ethyl adjacent to an activating group) is 1. The minimum absolute atomic E-state index is 0.321. The van der Waals surface area contributed by atoms with Crippen molar-refractivity contribution in [3.05, 3.63) is 34.9 Å². The molecule has 5 nitrogen and oxygen atoms in total. The Morgan fingerprint density at radius 3 is 2.52 bits per heavy atom. The molecule has 2 heterocycles. The summed E-state index contributed by atoms with van der Waals surface area (Å²) < 4.78 is 38.9. The summed E-state index contributed by atoms with van der Waals surface area (Å²) in [6.07, 6.45) is -0.284. The van der Waals surface area contributed by atoms with Gasteiger partial charge < -0.3 is 15.3 Å². The molecule has 2 fully saturated rings. The molecule has 154 valence electrons. The Morgan fingerprint density at radius 1 is 1.10 bits per heavy atom. The first-order chi connectivity index (χ1) is 13.8. The number of benzene rings is 1. The van der Waals surface area contributed by atoms with Gasteiger partial charge in [0.25, 0.3) is 0 Å². The minimum Gasteiger partial charge on any atom is -0.507 e. The van der Waals surface area contributed by atoms with Crippen molar-refractivity contribution in [2.45, 2.75) is 49.7 Å². The number of hydrogen-bond donors (Lipinski definition) is 2. The van der Waals surface area contributed by atoms with E-state index in [9.17, 15) is 18.3 Å². The van der Waals surface area contributed by atoms with Crippen molar-refractivity contribution in [3.63, 3.8) is 0 Å². The van der Waals surface area contributed by atoms with Gasteiger partial charge in [-0.25, -0.2) is 0 Å². The second kappa shape index (κ2) is 6.58. The van der Waals surface area contributed by atoms with Gasteiger partial charge in [-0.15, -0.1) is 10.2 Å². The number of halogens is 3. The summed E-state index contributed by atoms with van der Waals surface area (Å²) in [6.45, 7) is 1.99. The lowest BCUT2D eigenvalue weighted by Crippen LogP contribution is -2.25. The smallest absolute Gasteiger partial charge is 0.416 e. The van der Waals surface area contributed by atoms with Crippen LogP contribution in [0.3, 0.4) is 0 Å². The Bertz CT molecular complexity index is 962. The molecular formula is C21H23F3N4O. The van der Waals surface area contributed by atoms with Gasteiger partial charge in [0.2, 0.25) is 0 Å². The maximum absolute atomic E-state index is 13.0. The zero-order valence-electron chi connectivity index (χ0n) is 16.1. The number of hydrogen-bond acceptors (Lipinski definition) is 5. The summed E-state index contributed by atoms with van der Waals surface area (Å²) in [7, 11) is 2.09. The fourth-order valence-corrected chi connectivity index (χ4v) is 5.26. The van der Waals surface area contributed by atoms with Gasteiger partial charge in [-0.2, -0.15) is 13.2 Å². The molecule has 2 unspecified atom stereocenters. The highest BCUT2D eigenvalue weighted by atomic mass is 19.4. The first-order valence-electron chi connectivity index (χ1n) is 10.1. The quantitative estimate of drug-likeness (QED) is 0.797. The van der Waals surface area contributed by atoms with Crippen LogP contribution in [-0.2, 0) is 6.18 Å². The van der Waals surface area contributed by atoms with Gasteiger partial charge in [0, 0.05) is 23.7 Å². The van der Waals surface area contributed by atoms with Crippen LogP contribution in [0.15, 0.2) is 18.2 Å². The van der Waals surface area contributed by atoms with Crippen molar-refractivity contribution in [2.75, 3.05) is 25.5 Å². The van der Waals surface area contributed by atoms with E-state index in [1.54, 1.807) is 0 Å². The first kappa shape index (κ1) is 18.7. The summed E-state index contributed by atoms with van der Waals surface area (Å²) in [5, 5.41) is 22.7. The number of nitrogens with one attached hydrogen (secondary N) is 1. The average molecular weight is 404 g/mol. The zero-order chi connectivity index (χ0) is 20.3. The highest BCUT2D eigenvalue weighted by molar-refractivity contribution is 5.75. The van der Waals surface area contributed by atoms with Crippen molar-refractivity contribution in [1.82, 2.24) is 15.1 Å². The van der Waals surface area contributed by atoms with E-state index in [0.717, 1.165) is 67.9 Å². The standard InChI is InChI=1S/C21H23F3N4O/c1-28-7-6-14(10-28)25-20-18-12-3-2-11(8-12)17(18)19(26-27-20)15-5-4-13(9-16(15)29)21(22,23)24/h4-5,9,11-12,14,29H,2-3,6-8,10H2,1H3,(H,25,27)/t11?,12?,14-/m1/s1. The molecule has 29 heavy (non-hydrogen) atoms. The number of aromatic nitrogens is 2. The van der Waals surface area contributed by atoms with E-state index in [1.807, 2.05) is 0 Å². The molecule has 0 spiro atoms. The van der Waals surface area contributed by atoms with Crippen LogP contribution in [0.5, 0.6) is 5.75 Å². The van der Waals surface area contributed by atoms with E-state index < -0.39 is 17.5 Å². The zero-order valence-corrected chi connectivity index (χ0v) is 16.1. The topological polar surface area (TPSA) is 61.3 Å². The molecule has 1 saturated carbocycles. The number of alkyl halides is 3. The number of nitrogens with zero attached hydrogens (tertiary/aromatic N) is 3. The summed E-state index contributed by atoms with van der Waals surface area (Å²) in [6, 6.07) is 3.41. The molecule has 0 radical (unpaired) electrons. The Morgan fingerprint density at radius 2 is 1.86 bits per heavy atom. The summed E-state index contributed by atoms with van der Waals surface area (Å²) in [4.78, 5) is 2.27. The molecule has 3 aliphatic rings. The fourth-order valence-electron chi connectivity index (χ4n) is 5.26. The molecule has 0 amide bonds. The normalized spacial score (nSPS) is 26.1. The van der Waals surface area contributed by atoms with Crippen LogP contribution in [0.1, 0.15) is 54.2 Å². The van der Waals surface area contributed by atoms with Gasteiger partial charge in [0.15, 0.2) is 5.82 Å². The van der Waals surface area contributed by atoms with Crippen molar-refractivity contribution in [1.29, 1.82) is 0 Å². The van der Waals surface area contributed by atoms with E-state index >= 15 is 0 Å². The predicted octanol–water partition coefficient (Wildman–Crippen LogP) is 4.35. The Labute approximate surface area is 166 Å². The molecule has 8 heteroatoms. The van der Waals surface area contributed by atoms with E-state index in [1.165, 1.54) is 6.07 Å². The van der Waals surface area contributed by atoms with Crippen molar-refractivity contribution < 1.29 is 18.3 Å². The maximum Gasteiger partial charge on any atom is 0.416 e. The predicted molar refractivity (Wildman–Crippen MR) is 103 cm³/mol. The average Bonchev–Trinajstić information content (AvgIpc) is 3.38. The number of likely N-dealkylation sites (tertiary alicyclic amines) is 1. The van der Waals surface area contributed by atoms with Gasteiger partial charge >= 0.3 is 6.18 Å². The number of phenolic OH excluding ortho intramolecular Hbond substituents is 1. The second-order valence-electron chi connectivity index (χ2n) is 8.55. The van der Waals surface area contributed by atoms with Crippen LogP contribution in [-0.4, -0.2) is 46.4 Å². The molecule has 1 aromatic heterocycles. The van der Waals surface area contributed by atoms with Crippen molar-refractivity contribution in [3.8, 4) is 17.0 Å². The highest BCUT2D eigenvalue weighted by Gasteiger charge is 2.42. The van der Waals surface area contributed by atoms with Crippen LogP contribution >= 0.6 is 0 Å². The maximum atomic E-state index is 13.0. The molecule has 2 bridgehead atoms. The van der Waals surface area contributed by atoms with E-state index in [4.69, 9.17) is 0 Å².